The lowest BCUT2D eigenvalue weighted by Crippen LogP contribution is -2.44. The molecular weight excluding hydrogens is 468 g/mol. The molecule has 0 radical (unpaired) electrons. The Balaban J connectivity index is 1.73. The van der Waals surface area contributed by atoms with Crippen molar-refractivity contribution >= 4 is 30.3 Å². The maximum absolute atomic E-state index is 15.1. The number of fused-ring (bicyclic) bond motifs is 1. The maximum Gasteiger partial charge on any atom is 0.496 e. The summed E-state index contributed by atoms with van der Waals surface area (Å²) < 4.78 is 33.1. The van der Waals surface area contributed by atoms with Crippen molar-refractivity contribution in [3.8, 4) is 0 Å². The van der Waals surface area contributed by atoms with E-state index < -0.39 is 41.2 Å². The van der Waals surface area contributed by atoms with Crippen molar-refractivity contribution in [3.05, 3.63) is 63.9 Å². The number of halogens is 2. The molecule has 1 aliphatic carbocycles. The highest BCUT2D eigenvalue weighted by Gasteiger charge is 2.54. The summed E-state index contributed by atoms with van der Waals surface area (Å²) in [5.41, 5.74) is 1.04. The van der Waals surface area contributed by atoms with E-state index in [1.807, 2.05) is 78.8 Å². The second kappa shape index (κ2) is 8.79. The van der Waals surface area contributed by atoms with Gasteiger partial charge in [-0.1, -0.05) is 41.9 Å². The largest absolute Gasteiger partial charge is 0.496 e. The van der Waals surface area contributed by atoms with E-state index in [9.17, 15) is 4.79 Å². The molecule has 0 unspecified atom stereocenters. The third-order valence-electron chi connectivity index (χ3n) is 7.35. The Labute approximate surface area is 212 Å². The Morgan fingerprint density at radius 1 is 1.11 bits per heavy atom. The van der Waals surface area contributed by atoms with Gasteiger partial charge in [-0.15, -0.1) is 0 Å². The van der Waals surface area contributed by atoms with Crippen molar-refractivity contribution in [2.45, 2.75) is 83.5 Å². The summed E-state index contributed by atoms with van der Waals surface area (Å²) in [4.78, 5) is 12.5. The maximum atomic E-state index is 15.1. The van der Waals surface area contributed by atoms with E-state index in [0.29, 0.717) is 24.8 Å². The minimum absolute atomic E-state index is 0.0196. The zero-order chi connectivity index (χ0) is 25.8. The van der Waals surface area contributed by atoms with E-state index in [4.69, 9.17) is 25.6 Å². The third-order valence-corrected chi connectivity index (χ3v) is 7.73. The molecule has 0 spiro atoms. The van der Waals surface area contributed by atoms with Crippen LogP contribution >= 0.6 is 11.6 Å². The van der Waals surface area contributed by atoms with Gasteiger partial charge in [-0.25, -0.2) is 9.18 Å². The Morgan fingerprint density at radius 2 is 1.71 bits per heavy atom. The minimum Gasteiger partial charge on any atom is -0.444 e. The zero-order valence-corrected chi connectivity index (χ0v) is 22.3. The topological polar surface area (TPSA) is 56.8 Å². The van der Waals surface area contributed by atoms with E-state index in [1.54, 1.807) is 0 Å². The van der Waals surface area contributed by atoms with Crippen LogP contribution in [0, 0.1) is 5.82 Å². The van der Waals surface area contributed by atoms with Crippen LogP contribution in [-0.4, -0.2) is 36.6 Å². The van der Waals surface area contributed by atoms with Gasteiger partial charge in [0.2, 0.25) is 0 Å². The van der Waals surface area contributed by atoms with Crippen LogP contribution in [0.2, 0.25) is 5.02 Å². The summed E-state index contributed by atoms with van der Waals surface area (Å²) in [6.07, 6.45) is 0.587. The van der Waals surface area contributed by atoms with Gasteiger partial charge in [0, 0.05) is 17.4 Å². The number of nitrogens with one attached hydrogen (secondary N) is 1. The molecule has 2 aliphatic rings. The lowest BCUT2D eigenvalue weighted by atomic mass is 9.73. The highest BCUT2D eigenvalue weighted by atomic mass is 35.5. The average molecular weight is 502 g/mol. The fourth-order valence-corrected chi connectivity index (χ4v) is 5.11. The predicted octanol–water partition coefficient (Wildman–Crippen LogP) is 5.34. The lowest BCUT2D eigenvalue weighted by Gasteiger charge is -2.32. The van der Waals surface area contributed by atoms with Crippen LogP contribution < -0.4 is 10.8 Å². The first-order valence-electron chi connectivity index (χ1n) is 12.0. The molecule has 1 aliphatic heterocycles. The molecule has 188 valence electrons. The molecule has 4 rings (SSSR count). The van der Waals surface area contributed by atoms with Gasteiger partial charge in [0.25, 0.3) is 0 Å². The molecule has 1 fully saturated rings. The molecule has 1 saturated heterocycles. The van der Waals surface area contributed by atoms with Gasteiger partial charge in [-0.3, -0.25) is 0 Å². The first-order chi connectivity index (χ1) is 16.1. The first kappa shape index (κ1) is 26.0. The van der Waals surface area contributed by atoms with Crippen molar-refractivity contribution in [1.29, 1.82) is 0 Å². The summed E-state index contributed by atoms with van der Waals surface area (Å²) in [7, 11) is -0.790. The number of carbonyl (C=O) groups is 1. The second-order valence-corrected chi connectivity index (χ2v) is 12.0. The smallest absolute Gasteiger partial charge is 0.444 e. The summed E-state index contributed by atoms with van der Waals surface area (Å²) in [5, 5.41) is 2.97. The summed E-state index contributed by atoms with van der Waals surface area (Å²) in [6, 6.07) is 11.5. The third kappa shape index (κ3) is 4.96. The molecule has 0 aromatic heterocycles. The van der Waals surface area contributed by atoms with Crippen LogP contribution in [0.5, 0.6) is 0 Å². The van der Waals surface area contributed by atoms with E-state index >= 15 is 4.39 Å². The van der Waals surface area contributed by atoms with Gasteiger partial charge in [-0.05, 0) is 84.1 Å². The van der Waals surface area contributed by atoms with Gasteiger partial charge in [0.15, 0.2) is 0 Å². The van der Waals surface area contributed by atoms with Crippen LogP contribution in [-0.2, 0) is 32.3 Å². The van der Waals surface area contributed by atoms with Gasteiger partial charge in [0.1, 0.15) is 11.4 Å². The molecule has 8 heteroatoms. The molecule has 5 nitrogen and oxygen atoms in total. The van der Waals surface area contributed by atoms with Crippen LogP contribution in [0.25, 0.3) is 0 Å². The molecule has 0 saturated carbocycles. The number of amides is 1. The Bertz CT molecular complexity index is 1120. The van der Waals surface area contributed by atoms with Crippen molar-refractivity contribution in [3.63, 3.8) is 0 Å². The molecule has 2 aromatic rings. The summed E-state index contributed by atoms with van der Waals surface area (Å²) in [6.45, 7) is 13.6. The number of carbonyl (C=O) groups excluding carboxylic acids is 1. The van der Waals surface area contributed by atoms with Gasteiger partial charge < -0.3 is 19.4 Å². The van der Waals surface area contributed by atoms with Crippen LogP contribution in [0.15, 0.2) is 36.4 Å². The number of benzene rings is 2. The monoisotopic (exact) mass is 501 g/mol. The Hall–Kier alpha value is -2.09. The van der Waals surface area contributed by atoms with Crippen LogP contribution in [0.3, 0.4) is 0 Å². The quantitative estimate of drug-likeness (QED) is 0.575. The summed E-state index contributed by atoms with van der Waals surface area (Å²) >= 11 is 6.56. The van der Waals surface area contributed by atoms with E-state index in [-0.39, 0.29) is 5.02 Å². The van der Waals surface area contributed by atoms with Crippen molar-refractivity contribution in [1.82, 2.24) is 5.32 Å². The van der Waals surface area contributed by atoms with Gasteiger partial charge in [0.05, 0.1) is 16.2 Å². The van der Waals surface area contributed by atoms with E-state index in [2.05, 4.69) is 5.32 Å². The van der Waals surface area contributed by atoms with E-state index in [0.717, 1.165) is 16.7 Å². The van der Waals surface area contributed by atoms with E-state index in [1.165, 1.54) is 6.07 Å². The number of hydrogen-bond acceptors (Lipinski definition) is 4. The highest BCUT2D eigenvalue weighted by molar-refractivity contribution is 6.66. The fraction of sp³-hybridized carbons (Fsp3) is 0.519. The molecule has 1 heterocycles. The number of rotatable bonds is 4. The molecule has 2 aromatic carbocycles. The fourth-order valence-electron chi connectivity index (χ4n) is 4.85. The first-order valence-corrected chi connectivity index (χ1v) is 12.4. The number of alkyl carbamates (subject to hydrolysis) is 1. The normalized spacial score (nSPS) is 22.7. The van der Waals surface area contributed by atoms with Crippen LogP contribution in [0.4, 0.5) is 9.18 Å². The van der Waals surface area contributed by atoms with Crippen molar-refractivity contribution < 1.29 is 23.2 Å². The molecule has 1 atom stereocenters. The molecule has 0 bridgehead atoms. The highest BCUT2D eigenvalue weighted by Crippen LogP contribution is 2.43. The Morgan fingerprint density at radius 3 is 2.29 bits per heavy atom. The summed E-state index contributed by atoms with van der Waals surface area (Å²) in [5.74, 6) is -0.501. The standard InChI is InChI=1S/C27H34BClFNO4/c1-24(2,3)33-23(32)31-16-27(18-11-9-8-10-12-18)14-17-13-20(30)22(29)21(19(17)15-27)28-34-25(4,5)26(6,7)35-28/h8-13H,14-16H2,1-7H3,(H,31,32)/t27-/m0/s1. The molecule has 35 heavy (non-hydrogen) atoms. The lowest BCUT2D eigenvalue weighted by molar-refractivity contribution is 0.00578. The molecule has 1 N–H and O–H groups in total. The average Bonchev–Trinajstić information content (AvgIpc) is 3.20. The zero-order valence-electron chi connectivity index (χ0n) is 21.6. The molecule has 1 amide bonds. The second-order valence-electron chi connectivity index (χ2n) is 11.7. The van der Waals surface area contributed by atoms with Gasteiger partial charge >= 0.3 is 13.2 Å². The predicted molar refractivity (Wildman–Crippen MR) is 137 cm³/mol. The van der Waals surface area contributed by atoms with Gasteiger partial charge in [-0.2, -0.15) is 0 Å². The van der Waals surface area contributed by atoms with Crippen LogP contribution in [0.1, 0.15) is 65.2 Å². The number of hydrogen-bond donors (Lipinski definition) is 1. The SMILES string of the molecule is CC(C)(C)OC(=O)NC[C@]1(c2ccccc2)Cc2cc(F)c(Cl)c(B3OC(C)(C)C(C)(C)O3)c2C1. The minimum atomic E-state index is -0.790. The number of ether oxygens (including phenoxy) is 1. The molecular formula is C27H34BClFNO4. The Kier molecular flexibility index (Phi) is 6.53. The van der Waals surface area contributed by atoms with Crippen molar-refractivity contribution in [2.75, 3.05) is 6.54 Å². The van der Waals surface area contributed by atoms with Crippen molar-refractivity contribution in [2.24, 2.45) is 0 Å².